The molecule has 2 unspecified atom stereocenters. The van der Waals surface area contributed by atoms with Crippen molar-refractivity contribution in [1.82, 2.24) is 4.90 Å². The predicted molar refractivity (Wildman–Crippen MR) is 131 cm³/mol. The van der Waals surface area contributed by atoms with Crippen molar-refractivity contribution in [2.45, 2.75) is 25.5 Å². The number of hydrogen-bond acceptors (Lipinski definition) is 4. The van der Waals surface area contributed by atoms with Crippen LogP contribution >= 0.6 is 0 Å². The van der Waals surface area contributed by atoms with Gasteiger partial charge >= 0.3 is 0 Å². The van der Waals surface area contributed by atoms with Crippen molar-refractivity contribution in [3.63, 3.8) is 0 Å². The summed E-state index contributed by atoms with van der Waals surface area (Å²) in [4.78, 5) is 29.8. The minimum atomic E-state index is -0.638. The van der Waals surface area contributed by atoms with Crippen LogP contribution < -0.4 is 10.2 Å². The molecule has 33 heavy (non-hydrogen) atoms. The molecule has 6 nitrogen and oxygen atoms in total. The number of β-amino-alcohol motifs (C(OH)–C–C–N with tert-alkyl or cyclic N) is 1. The molecule has 2 N–H and O–H groups in total. The number of fused-ring (bicyclic) bond motifs is 1. The highest BCUT2D eigenvalue weighted by atomic mass is 16.3. The van der Waals surface area contributed by atoms with Gasteiger partial charge in [0.1, 0.15) is 0 Å². The zero-order valence-corrected chi connectivity index (χ0v) is 19.2. The molecule has 4 rings (SSSR count). The predicted octanol–water partition coefficient (Wildman–Crippen LogP) is 4.26. The molecule has 0 fully saturated rings. The van der Waals surface area contributed by atoms with E-state index in [2.05, 4.69) is 10.2 Å². The Morgan fingerprint density at radius 3 is 2.33 bits per heavy atom. The number of para-hydroxylation sites is 1. The van der Waals surface area contributed by atoms with Crippen LogP contribution in [0.4, 0.5) is 11.4 Å². The standard InChI is InChI=1S/C27H29N3O3/c1-18-8-4-5-9-22(18)26(32)28-20-14-12-19(13-15-20)27(33)30-17-21(31)16-25(29(2)3)23-10-6-7-11-24(23)30/h4-15,21,25,31H,16-17H2,1-3H3,(H,28,32). The SMILES string of the molecule is Cc1ccccc1C(=O)Nc1ccc(C(=O)N2CC(O)CC(N(C)C)c3ccccc32)cc1. The number of nitrogens with one attached hydrogen (secondary N) is 1. The van der Waals surface area contributed by atoms with E-state index in [1.807, 2.05) is 63.5 Å². The Bertz CT molecular complexity index is 1160. The highest BCUT2D eigenvalue weighted by Gasteiger charge is 2.31. The maximum Gasteiger partial charge on any atom is 0.258 e. The summed E-state index contributed by atoms with van der Waals surface area (Å²) < 4.78 is 0. The number of nitrogens with zero attached hydrogens (tertiary/aromatic N) is 2. The number of aryl methyl sites for hydroxylation is 1. The van der Waals surface area contributed by atoms with E-state index >= 15 is 0 Å². The normalized spacial score (nSPS) is 17.9. The first-order valence-electron chi connectivity index (χ1n) is 11.1. The van der Waals surface area contributed by atoms with Gasteiger partial charge in [-0.1, -0.05) is 36.4 Å². The second-order valence-electron chi connectivity index (χ2n) is 8.69. The lowest BCUT2D eigenvalue weighted by Gasteiger charge is -2.26. The van der Waals surface area contributed by atoms with Crippen molar-refractivity contribution in [2.75, 3.05) is 30.9 Å². The van der Waals surface area contributed by atoms with Gasteiger partial charge in [0.25, 0.3) is 11.8 Å². The van der Waals surface area contributed by atoms with E-state index in [-0.39, 0.29) is 24.4 Å². The monoisotopic (exact) mass is 443 g/mol. The molecular formula is C27H29N3O3. The highest BCUT2D eigenvalue weighted by molar-refractivity contribution is 6.08. The van der Waals surface area contributed by atoms with Crippen LogP contribution in [0.5, 0.6) is 0 Å². The summed E-state index contributed by atoms with van der Waals surface area (Å²) in [7, 11) is 3.96. The fraction of sp³-hybridized carbons (Fsp3) is 0.259. The van der Waals surface area contributed by atoms with Crippen LogP contribution in [0.15, 0.2) is 72.8 Å². The minimum Gasteiger partial charge on any atom is -0.391 e. The first kappa shape index (κ1) is 22.7. The number of benzene rings is 3. The van der Waals surface area contributed by atoms with Crippen LogP contribution in [-0.4, -0.2) is 48.6 Å². The molecule has 2 amide bonds. The molecule has 2 atom stereocenters. The van der Waals surface area contributed by atoms with E-state index in [9.17, 15) is 14.7 Å². The van der Waals surface area contributed by atoms with Gasteiger partial charge in [0.05, 0.1) is 12.6 Å². The largest absolute Gasteiger partial charge is 0.391 e. The van der Waals surface area contributed by atoms with E-state index in [1.165, 1.54) is 0 Å². The van der Waals surface area contributed by atoms with Gasteiger partial charge in [0.2, 0.25) is 0 Å². The number of carbonyl (C=O) groups excluding carboxylic acids is 2. The Balaban J connectivity index is 1.57. The zero-order valence-electron chi connectivity index (χ0n) is 19.2. The van der Waals surface area contributed by atoms with Gasteiger partial charge in [0.15, 0.2) is 0 Å². The van der Waals surface area contributed by atoms with Crippen LogP contribution in [0.1, 0.15) is 44.3 Å². The summed E-state index contributed by atoms with van der Waals surface area (Å²) in [6, 6.07) is 22.1. The van der Waals surface area contributed by atoms with Gasteiger partial charge in [-0.25, -0.2) is 0 Å². The van der Waals surface area contributed by atoms with Crippen molar-refractivity contribution in [3.05, 3.63) is 95.1 Å². The lowest BCUT2D eigenvalue weighted by molar-refractivity contribution is 0.0947. The second-order valence-corrected chi connectivity index (χ2v) is 8.69. The van der Waals surface area contributed by atoms with Gasteiger partial charge in [0, 0.05) is 28.5 Å². The van der Waals surface area contributed by atoms with Gasteiger partial charge < -0.3 is 20.2 Å². The Labute approximate surface area is 194 Å². The first-order chi connectivity index (χ1) is 15.8. The average molecular weight is 444 g/mol. The Kier molecular flexibility index (Phi) is 6.58. The molecule has 0 saturated carbocycles. The Morgan fingerprint density at radius 1 is 0.970 bits per heavy atom. The zero-order chi connectivity index (χ0) is 23.5. The maximum atomic E-state index is 13.5. The third kappa shape index (κ3) is 4.82. The van der Waals surface area contributed by atoms with E-state index in [0.29, 0.717) is 23.2 Å². The lowest BCUT2D eigenvalue weighted by atomic mass is 10.00. The van der Waals surface area contributed by atoms with Crippen LogP contribution in [0.2, 0.25) is 0 Å². The molecule has 1 aliphatic rings. The molecule has 0 radical (unpaired) electrons. The smallest absolute Gasteiger partial charge is 0.258 e. The van der Waals surface area contributed by atoms with E-state index < -0.39 is 6.10 Å². The van der Waals surface area contributed by atoms with Crippen molar-refractivity contribution in [2.24, 2.45) is 0 Å². The Morgan fingerprint density at radius 2 is 1.64 bits per heavy atom. The molecule has 1 aliphatic heterocycles. The number of hydrogen-bond donors (Lipinski definition) is 2. The summed E-state index contributed by atoms with van der Waals surface area (Å²) >= 11 is 0. The lowest BCUT2D eigenvalue weighted by Crippen LogP contribution is -2.36. The van der Waals surface area contributed by atoms with Crippen LogP contribution in [0.25, 0.3) is 0 Å². The summed E-state index contributed by atoms with van der Waals surface area (Å²) in [6.07, 6.45) is -0.0843. The molecule has 0 bridgehead atoms. The van der Waals surface area contributed by atoms with Gasteiger partial charge in [-0.15, -0.1) is 0 Å². The van der Waals surface area contributed by atoms with E-state index in [1.54, 1.807) is 35.2 Å². The second kappa shape index (κ2) is 9.57. The molecule has 0 aromatic heterocycles. The molecule has 1 heterocycles. The fourth-order valence-corrected chi connectivity index (χ4v) is 4.34. The molecule has 0 spiro atoms. The van der Waals surface area contributed by atoms with Crippen molar-refractivity contribution >= 4 is 23.2 Å². The summed E-state index contributed by atoms with van der Waals surface area (Å²) in [6.45, 7) is 2.12. The third-order valence-electron chi connectivity index (χ3n) is 6.12. The summed E-state index contributed by atoms with van der Waals surface area (Å²) in [5, 5.41) is 13.5. The van der Waals surface area contributed by atoms with Gasteiger partial charge in [-0.3, -0.25) is 9.59 Å². The number of anilines is 2. The van der Waals surface area contributed by atoms with Crippen molar-refractivity contribution < 1.29 is 14.7 Å². The Hall–Kier alpha value is -3.48. The molecule has 0 saturated heterocycles. The van der Waals surface area contributed by atoms with E-state index in [0.717, 1.165) is 16.8 Å². The summed E-state index contributed by atoms with van der Waals surface area (Å²) in [5.41, 5.74) is 4.46. The number of aliphatic hydroxyl groups excluding tert-OH is 1. The number of rotatable bonds is 4. The fourth-order valence-electron chi connectivity index (χ4n) is 4.34. The van der Waals surface area contributed by atoms with Crippen LogP contribution in [-0.2, 0) is 0 Å². The average Bonchev–Trinajstić information content (AvgIpc) is 2.96. The third-order valence-corrected chi connectivity index (χ3v) is 6.12. The molecule has 3 aromatic rings. The van der Waals surface area contributed by atoms with Crippen molar-refractivity contribution in [1.29, 1.82) is 0 Å². The van der Waals surface area contributed by atoms with Crippen LogP contribution in [0.3, 0.4) is 0 Å². The quantitative estimate of drug-likeness (QED) is 0.632. The molecular weight excluding hydrogens is 414 g/mol. The molecule has 3 aromatic carbocycles. The molecule has 0 aliphatic carbocycles. The molecule has 170 valence electrons. The highest BCUT2D eigenvalue weighted by Crippen LogP contribution is 2.36. The van der Waals surface area contributed by atoms with Gasteiger partial charge in [-0.2, -0.15) is 0 Å². The maximum absolute atomic E-state index is 13.5. The van der Waals surface area contributed by atoms with E-state index in [4.69, 9.17) is 0 Å². The number of aliphatic hydroxyl groups is 1. The number of carbonyl (C=O) groups is 2. The van der Waals surface area contributed by atoms with Crippen molar-refractivity contribution in [3.8, 4) is 0 Å². The topological polar surface area (TPSA) is 72.9 Å². The number of amides is 2. The molecule has 6 heteroatoms. The first-order valence-corrected chi connectivity index (χ1v) is 11.1. The minimum absolute atomic E-state index is 0.0213. The summed E-state index contributed by atoms with van der Waals surface area (Å²) in [5.74, 6) is -0.371. The van der Waals surface area contributed by atoms with Gasteiger partial charge in [-0.05, 0) is 75.0 Å². The van der Waals surface area contributed by atoms with Crippen LogP contribution in [0, 0.1) is 6.92 Å².